The van der Waals surface area contributed by atoms with E-state index in [1.54, 1.807) is 19.1 Å². The molecule has 9 nitrogen and oxygen atoms in total. The van der Waals surface area contributed by atoms with Crippen LogP contribution in [0.25, 0.3) is 0 Å². The molecule has 0 fully saturated rings. The van der Waals surface area contributed by atoms with Gasteiger partial charge in [0.15, 0.2) is 0 Å². The second-order valence-corrected chi connectivity index (χ2v) is 12.2. The summed E-state index contributed by atoms with van der Waals surface area (Å²) in [6.45, 7) is 6.73. The van der Waals surface area contributed by atoms with Crippen LogP contribution in [0.1, 0.15) is 33.3 Å². The summed E-state index contributed by atoms with van der Waals surface area (Å²) < 4.78 is 38.1. The van der Waals surface area contributed by atoms with E-state index >= 15 is 0 Å². The van der Waals surface area contributed by atoms with Gasteiger partial charge in [-0.3, -0.25) is 13.9 Å². The Labute approximate surface area is 221 Å². The average molecular weight is 585 g/mol. The number of benzene rings is 2. The van der Waals surface area contributed by atoms with Gasteiger partial charge in [0, 0.05) is 22.6 Å². The molecule has 1 unspecified atom stereocenters. The van der Waals surface area contributed by atoms with E-state index in [1.165, 1.54) is 25.2 Å². The van der Waals surface area contributed by atoms with Gasteiger partial charge in [0.2, 0.25) is 21.8 Å². The molecular formula is C25H34BrN3O6S. The van der Waals surface area contributed by atoms with Crippen molar-refractivity contribution in [1.82, 2.24) is 10.2 Å². The summed E-state index contributed by atoms with van der Waals surface area (Å²) in [6, 6.07) is 11.1. The molecular weight excluding hydrogens is 550 g/mol. The molecule has 0 spiro atoms. The molecule has 0 radical (unpaired) electrons. The molecule has 198 valence electrons. The van der Waals surface area contributed by atoms with E-state index in [-0.39, 0.29) is 23.9 Å². The van der Waals surface area contributed by atoms with Gasteiger partial charge in [-0.25, -0.2) is 8.42 Å². The molecule has 2 aromatic rings. The fourth-order valence-corrected chi connectivity index (χ4v) is 4.54. The predicted octanol–water partition coefficient (Wildman–Crippen LogP) is 3.56. The van der Waals surface area contributed by atoms with E-state index < -0.39 is 34.1 Å². The number of halogens is 1. The molecule has 0 aliphatic heterocycles. The number of hydrogen-bond acceptors (Lipinski definition) is 6. The molecule has 0 saturated carbocycles. The van der Waals surface area contributed by atoms with Crippen LogP contribution in [0, 0.1) is 0 Å². The smallest absolute Gasteiger partial charge is 0.244 e. The molecule has 36 heavy (non-hydrogen) atoms. The Hall–Kier alpha value is -2.79. The van der Waals surface area contributed by atoms with Crippen molar-refractivity contribution in [2.45, 2.75) is 45.8 Å². The van der Waals surface area contributed by atoms with Crippen LogP contribution in [0.15, 0.2) is 46.9 Å². The molecule has 0 bridgehead atoms. The summed E-state index contributed by atoms with van der Waals surface area (Å²) in [6.07, 6.45) is 1.01. The van der Waals surface area contributed by atoms with Gasteiger partial charge in [0.1, 0.15) is 24.1 Å². The van der Waals surface area contributed by atoms with Crippen LogP contribution in [0.4, 0.5) is 5.69 Å². The first kappa shape index (κ1) is 29.4. The zero-order valence-electron chi connectivity index (χ0n) is 21.7. The summed E-state index contributed by atoms with van der Waals surface area (Å²) >= 11 is 3.39. The molecule has 2 amide bonds. The third kappa shape index (κ3) is 8.12. The van der Waals surface area contributed by atoms with Crippen molar-refractivity contribution in [3.63, 3.8) is 0 Å². The normalized spacial score (nSPS) is 12.4. The fourth-order valence-electron chi connectivity index (χ4n) is 3.43. The molecule has 11 heteroatoms. The van der Waals surface area contributed by atoms with Crippen LogP contribution >= 0.6 is 15.9 Å². The lowest BCUT2D eigenvalue weighted by Gasteiger charge is -2.33. The highest BCUT2D eigenvalue weighted by Crippen LogP contribution is 2.34. The van der Waals surface area contributed by atoms with Crippen LogP contribution in [0.5, 0.6) is 11.5 Å². The van der Waals surface area contributed by atoms with E-state index in [4.69, 9.17) is 9.47 Å². The maximum Gasteiger partial charge on any atom is 0.244 e. The van der Waals surface area contributed by atoms with Crippen molar-refractivity contribution in [1.29, 1.82) is 0 Å². The number of anilines is 1. The zero-order chi connectivity index (χ0) is 27.3. The number of sulfonamides is 1. The number of amides is 2. The maximum absolute atomic E-state index is 13.7. The minimum Gasteiger partial charge on any atom is -0.497 e. The minimum atomic E-state index is -3.91. The maximum atomic E-state index is 13.7. The molecule has 2 rings (SSSR count). The van der Waals surface area contributed by atoms with Gasteiger partial charge in [-0.05, 0) is 57.5 Å². The number of rotatable bonds is 10. The number of hydrogen-bond donors (Lipinski definition) is 1. The van der Waals surface area contributed by atoms with Gasteiger partial charge in [-0.2, -0.15) is 0 Å². The summed E-state index contributed by atoms with van der Waals surface area (Å²) in [5.41, 5.74) is 0.430. The zero-order valence-corrected chi connectivity index (χ0v) is 24.1. The molecule has 0 aromatic heterocycles. The van der Waals surface area contributed by atoms with Crippen molar-refractivity contribution < 1.29 is 27.5 Å². The Morgan fingerprint density at radius 3 is 2.17 bits per heavy atom. The van der Waals surface area contributed by atoms with Crippen molar-refractivity contribution in [3.8, 4) is 11.5 Å². The second-order valence-electron chi connectivity index (χ2n) is 9.37. The van der Waals surface area contributed by atoms with Gasteiger partial charge in [-0.15, -0.1) is 0 Å². The largest absolute Gasteiger partial charge is 0.497 e. The summed E-state index contributed by atoms with van der Waals surface area (Å²) in [5.74, 6) is -0.244. The quantitative estimate of drug-likeness (QED) is 0.458. The lowest BCUT2D eigenvalue weighted by Crippen LogP contribution is -2.54. The Morgan fingerprint density at radius 2 is 1.67 bits per heavy atom. The molecule has 0 aliphatic carbocycles. The molecule has 1 atom stereocenters. The average Bonchev–Trinajstić information content (AvgIpc) is 2.79. The van der Waals surface area contributed by atoms with Gasteiger partial charge in [0.05, 0.1) is 26.2 Å². The second kappa shape index (κ2) is 12.0. The number of nitrogens with zero attached hydrogens (tertiary/aromatic N) is 2. The first-order valence-electron chi connectivity index (χ1n) is 11.2. The van der Waals surface area contributed by atoms with E-state index in [1.807, 2.05) is 45.0 Å². The summed E-state index contributed by atoms with van der Waals surface area (Å²) in [4.78, 5) is 28.0. The number of ether oxygens (including phenoxy) is 2. The summed E-state index contributed by atoms with van der Waals surface area (Å²) in [5, 5.41) is 2.89. The lowest BCUT2D eigenvalue weighted by molar-refractivity contribution is -0.140. The molecule has 0 saturated heterocycles. The van der Waals surface area contributed by atoms with Crippen LogP contribution in [0.3, 0.4) is 0 Å². The number of carbonyl (C=O) groups is 2. The number of carbonyl (C=O) groups excluding carboxylic acids is 2. The van der Waals surface area contributed by atoms with Crippen LogP contribution in [0.2, 0.25) is 0 Å². The molecule has 0 heterocycles. The number of methoxy groups -OCH3 is 2. The first-order chi connectivity index (χ1) is 16.7. The Kier molecular flexibility index (Phi) is 9.78. The lowest BCUT2D eigenvalue weighted by atomic mass is 10.1. The Bertz CT molecular complexity index is 1180. The van der Waals surface area contributed by atoms with Crippen molar-refractivity contribution in [3.05, 3.63) is 52.5 Å². The van der Waals surface area contributed by atoms with Crippen LogP contribution in [-0.2, 0) is 26.2 Å². The van der Waals surface area contributed by atoms with E-state index in [9.17, 15) is 18.0 Å². The van der Waals surface area contributed by atoms with Gasteiger partial charge >= 0.3 is 0 Å². The standard InChI is InChI=1S/C25H34BrN3O6S/c1-17(24(31)27-25(2,3)4)28(15-18-8-10-19(26)11-9-18)23(30)16-29(36(7,32)33)21-14-20(34-5)12-13-22(21)35-6/h8-14,17H,15-16H2,1-7H3,(H,27,31). The van der Waals surface area contributed by atoms with Crippen LogP contribution < -0.4 is 19.1 Å². The van der Waals surface area contributed by atoms with Crippen molar-refractivity contribution in [2.24, 2.45) is 0 Å². The van der Waals surface area contributed by atoms with Gasteiger partial charge < -0.3 is 19.7 Å². The van der Waals surface area contributed by atoms with Crippen LogP contribution in [-0.4, -0.2) is 63.7 Å². The fraction of sp³-hybridized carbons (Fsp3) is 0.440. The van der Waals surface area contributed by atoms with E-state index in [2.05, 4.69) is 21.2 Å². The van der Waals surface area contributed by atoms with E-state index in [0.29, 0.717) is 5.75 Å². The van der Waals surface area contributed by atoms with Gasteiger partial charge in [0.25, 0.3) is 0 Å². The highest BCUT2D eigenvalue weighted by molar-refractivity contribution is 9.10. The highest BCUT2D eigenvalue weighted by atomic mass is 79.9. The Balaban J connectivity index is 2.49. The highest BCUT2D eigenvalue weighted by Gasteiger charge is 2.32. The SMILES string of the molecule is COc1ccc(OC)c(N(CC(=O)N(Cc2ccc(Br)cc2)C(C)C(=O)NC(C)(C)C)S(C)(=O)=O)c1. The third-order valence-electron chi connectivity index (χ3n) is 5.27. The molecule has 0 aliphatic rings. The minimum absolute atomic E-state index is 0.109. The summed E-state index contributed by atoms with van der Waals surface area (Å²) in [7, 11) is -1.05. The number of nitrogens with one attached hydrogen (secondary N) is 1. The van der Waals surface area contributed by atoms with E-state index in [0.717, 1.165) is 20.6 Å². The van der Waals surface area contributed by atoms with Crippen molar-refractivity contribution >= 4 is 43.5 Å². The van der Waals surface area contributed by atoms with Crippen molar-refractivity contribution in [2.75, 3.05) is 31.3 Å². The predicted molar refractivity (Wildman–Crippen MR) is 144 cm³/mol. The topological polar surface area (TPSA) is 105 Å². The van der Waals surface area contributed by atoms with Gasteiger partial charge in [-0.1, -0.05) is 28.1 Å². The first-order valence-corrected chi connectivity index (χ1v) is 13.9. The molecule has 2 aromatic carbocycles. The molecule has 1 N–H and O–H groups in total. The Morgan fingerprint density at radius 1 is 1.06 bits per heavy atom. The third-order valence-corrected chi connectivity index (χ3v) is 6.92. The monoisotopic (exact) mass is 583 g/mol.